The van der Waals surface area contributed by atoms with E-state index in [0.29, 0.717) is 5.82 Å². The van der Waals surface area contributed by atoms with Crippen LogP contribution < -0.4 is 5.32 Å². The van der Waals surface area contributed by atoms with E-state index >= 15 is 0 Å². The molecule has 1 aliphatic rings. The number of benzene rings is 1. The lowest BCUT2D eigenvalue weighted by molar-refractivity contribution is 0.657. The lowest BCUT2D eigenvalue weighted by Gasteiger charge is -2.13. The molecule has 0 radical (unpaired) electrons. The molecule has 148 valence electrons. The van der Waals surface area contributed by atoms with Gasteiger partial charge < -0.3 is 10.3 Å². The van der Waals surface area contributed by atoms with Gasteiger partial charge in [-0.05, 0) is 42.8 Å². The zero-order valence-corrected chi connectivity index (χ0v) is 16.7. The molecule has 5 heterocycles. The van der Waals surface area contributed by atoms with Gasteiger partial charge in [-0.1, -0.05) is 18.2 Å². The number of thiophene rings is 1. The maximum absolute atomic E-state index is 13.6. The number of para-hydroxylation sites is 1. The van der Waals surface area contributed by atoms with E-state index in [2.05, 4.69) is 37.6 Å². The Kier molecular flexibility index (Phi) is 4.00. The molecule has 5 aromatic rings. The number of pyridine rings is 1. The molecule has 0 spiro atoms. The highest BCUT2D eigenvalue weighted by molar-refractivity contribution is 7.14. The average Bonchev–Trinajstić information content (AvgIpc) is 3.51. The minimum absolute atomic E-state index is 0.205. The van der Waals surface area contributed by atoms with Crippen LogP contribution in [0.5, 0.6) is 0 Å². The van der Waals surface area contributed by atoms with Crippen molar-refractivity contribution >= 4 is 38.8 Å². The first-order valence-corrected chi connectivity index (χ1v) is 10.6. The van der Waals surface area contributed by atoms with E-state index in [0.717, 1.165) is 74.6 Å². The minimum Gasteiger partial charge on any atom is -0.337 e. The number of H-pyrrole nitrogens is 2. The normalized spacial score (nSPS) is 14.5. The summed E-state index contributed by atoms with van der Waals surface area (Å²) in [6.07, 6.45) is 4.97. The number of nitrogens with zero attached hydrogens (tertiary/aromatic N) is 3. The van der Waals surface area contributed by atoms with Crippen LogP contribution in [0.25, 0.3) is 49.5 Å². The smallest absolute Gasteiger partial charge is 0.176 e. The van der Waals surface area contributed by atoms with Crippen LogP contribution in [0.3, 0.4) is 0 Å². The predicted octanol–water partition coefficient (Wildman–Crippen LogP) is 4.75. The fraction of sp³-hybridized carbons (Fsp3) is 0.136. The van der Waals surface area contributed by atoms with Crippen molar-refractivity contribution in [2.45, 2.75) is 6.42 Å². The lowest BCUT2D eigenvalue weighted by Crippen LogP contribution is -2.20. The van der Waals surface area contributed by atoms with E-state index in [1.807, 2.05) is 24.4 Å². The Morgan fingerprint density at radius 2 is 2.07 bits per heavy atom. The summed E-state index contributed by atoms with van der Waals surface area (Å²) in [5, 5.41) is 11.7. The molecule has 0 bridgehead atoms. The molecule has 0 unspecified atom stereocenters. The maximum Gasteiger partial charge on any atom is 0.176 e. The Morgan fingerprint density at radius 1 is 1.10 bits per heavy atom. The third-order valence-electron chi connectivity index (χ3n) is 5.42. The highest BCUT2D eigenvalue weighted by atomic mass is 32.1. The van der Waals surface area contributed by atoms with Gasteiger partial charge in [0.15, 0.2) is 11.0 Å². The van der Waals surface area contributed by atoms with E-state index in [9.17, 15) is 4.39 Å². The summed E-state index contributed by atoms with van der Waals surface area (Å²) in [7, 11) is 0. The van der Waals surface area contributed by atoms with Crippen molar-refractivity contribution in [1.82, 2.24) is 30.5 Å². The summed E-state index contributed by atoms with van der Waals surface area (Å²) < 4.78 is 13.6. The molecule has 1 aromatic carbocycles. The van der Waals surface area contributed by atoms with Crippen LogP contribution in [0.4, 0.5) is 4.39 Å². The SMILES string of the molecule is Fc1ccc(-c2cccc3[nH]c(-c4n[nH]c5cnc(C6=CCNCC6)cc45)nc23)s1. The Morgan fingerprint density at radius 3 is 2.90 bits per heavy atom. The molecule has 0 aliphatic carbocycles. The lowest BCUT2D eigenvalue weighted by atomic mass is 10.0. The van der Waals surface area contributed by atoms with Crippen LogP contribution in [0.15, 0.2) is 48.7 Å². The number of rotatable bonds is 3. The molecular weight excluding hydrogens is 399 g/mol. The largest absolute Gasteiger partial charge is 0.337 e. The molecule has 6 nitrogen and oxygen atoms in total. The summed E-state index contributed by atoms with van der Waals surface area (Å²) in [5.74, 6) is 0.678. The average molecular weight is 416 g/mol. The first-order chi connectivity index (χ1) is 14.8. The predicted molar refractivity (Wildman–Crippen MR) is 118 cm³/mol. The van der Waals surface area contributed by atoms with Gasteiger partial charge in [0.05, 0.1) is 28.4 Å². The molecule has 0 atom stereocenters. The molecule has 0 saturated carbocycles. The van der Waals surface area contributed by atoms with Crippen molar-refractivity contribution in [2.75, 3.05) is 13.1 Å². The third-order valence-corrected chi connectivity index (χ3v) is 6.32. The van der Waals surface area contributed by atoms with E-state index in [-0.39, 0.29) is 5.13 Å². The van der Waals surface area contributed by atoms with Gasteiger partial charge >= 0.3 is 0 Å². The van der Waals surface area contributed by atoms with Gasteiger partial charge in [0, 0.05) is 22.4 Å². The number of halogens is 1. The van der Waals surface area contributed by atoms with Gasteiger partial charge in [-0.2, -0.15) is 9.49 Å². The number of fused-ring (bicyclic) bond motifs is 2. The standard InChI is InChI=1S/C22H17FN6S/c23-19-5-4-18(30-19)13-2-1-3-15-20(13)27-22(26-15)21-14-10-16(12-6-8-24-9-7-12)25-11-17(14)28-29-21/h1-6,10-11,24H,7-9H2,(H,26,27)(H,28,29). The summed E-state index contributed by atoms with van der Waals surface area (Å²) in [4.78, 5) is 13.7. The van der Waals surface area contributed by atoms with E-state index in [1.165, 1.54) is 11.6 Å². The number of nitrogens with one attached hydrogen (secondary N) is 3. The van der Waals surface area contributed by atoms with Crippen molar-refractivity contribution in [2.24, 2.45) is 0 Å². The number of aromatic nitrogens is 5. The fourth-order valence-corrected chi connectivity index (χ4v) is 4.69. The quantitative estimate of drug-likeness (QED) is 0.397. The third kappa shape index (κ3) is 2.84. The summed E-state index contributed by atoms with van der Waals surface area (Å²) in [5.41, 5.74) is 6.44. The molecule has 6 rings (SSSR count). The molecule has 4 aromatic heterocycles. The van der Waals surface area contributed by atoms with Crippen LogP contribution in [0.1, 0.15) is 12.1 Å². The van der Waals surface area contributed by atoms with Crippen LogP contribution in [-0.2, 0) is 0 Å². The second kappa shape index (κ2) is 6.86. The molecule has 0 saturated heterocycles. The number of imidazole rings is 1. The van der Waals surface area contributed by atoms with Crippen LogP contribution in [0.2, 0.25) is 0 Å². The summed E-state index contributed by atoms with van der Waals surface area (Å²) in [6, 6.07) is 11.2. The molecule has 0 amide bonds. The number of hydrogen-bond acceptors (Lipinski definition) is 5. The van der Waals surface area contributed by atoms with Crippen molar-refractivity contribution in [3.05, 3.63) is 59.5 Å². The van der Waals surface area contributed by atoms with Crippen LogP contribution >= 0.6 is 11.3 Å². The Labute approximate surface area is 174 Å². The van der Waals surface area contributed by atoms with Crippen LogP contribution in [-0.4, -0.2) is 38.2 Å². The van der Waals surface area contributed by atoms with Gasteiger partial charge in [-0.25, -0.2) is 4.98 Å². The molecule has 1 aliphatic heterocycles. The summed E-state index contributed by atoms with van der Waals surface area (Å²) >= 11 is 1.12. The Balaban J connectivity index is 1.49. The van der Waals surface area contributed by atoms with Crippen molar-refractivity contribution in [3.8, 4) is 22.0 Å². The molecular formula is C22H17FN6S. The van der Waals surface area contributed by atoms with Crippen molar-refractivity contribution < 1.29 is 4.39 Å². The van der Waals surface area contributed by atoms with E-state index in [1.54, 1.807) is 6.07 Å². The first-order valence-electron chi connectivity index (χ1n) is 9.75. The zero-order valence-electron chi connectivity index (χ0n) is 15.9. The van der Waals surface area contributed by atoms with E-state index < -0.39 is 0 Å². The van der Waals surface area contributed by atoms with Crippen molar-refractivity contribution in [3.63, 3.8) is 0 Å². The maximum atomic E-state index is 13.6. The Hall–Kier alpha value is -3.36. The number of aromatic amines is 2. The first kappa shape index (κ1) is 17.5. The zero-order chi connectivity index (χ0) is 20.1. The van der Waals surface area contributed by atoms with Gasteiger partial charge in [0.25, 0.3) is 0 Å². The fourth-order valence-electron chi connectivity index (χ4n) is 3.93. The second-order valence-corrected chi connectivity index (χ2v) is 8.30. The van der Waals surface area contributed by atoms with E-state index in [4.69, 9.17) is 4.98 Å². The molecule has 0 fully saturated rings. The minimum atomic E-state index is -0.205. The van der Waals surface area contributed by atoms with Gasteiger partial charge in [-0.15, -0.1) is 11.3 Å². The summed E-state index contributed by atoms with van der Waals surface area (Å²) in [6.45, 7) is 1.82. The Bertz CT molecular complexity index is 1430. The molecule has 30 heavy (non-hydrogen) atoms. The van der Waals surface area contributed by atoms with Gasteiger partial charge in [0.2, 0.25) is 0 Å². The monoisotopic (exact) mass is 416 g/mol. The van der Waals surface area contributed by atoms with Gasteiger partial charge in [0.1, 0.15) is 5.69 Å². The topological polar surface area (TPSA) is 82.3 Å². The number of hydrogen-bond donors (Lipinski definition) is 3. The second-order valence-electron chi connectivity index (χ2n) is 7.26. The van der Waals surface area contributed by atoms with Gasteiger partial charge in [-0.3, -0.25) is 10.1 Å². The van der Waals surface area contributed by atoms with Crippen molar-refractivity contribution in [1.29, 1.82) is 0 Å². The van der Waals surface area contributed by atoms with Crippen LogP contribution in [0, 0.1) is 5.13 Å². The molecule has 3 N–H and O–H groups in total. The highest BCUT2D eigenvalue weighted by Crippen LogP contribution is 2.34. The highest BCUT2D eigenvalue weighted by Gasteiger charge is 2.17. The molecule has 8 heteroatoms.